The highest BCUT2D eigenvalue weighted by Gasteiger charge is 2.40. The maximum Gasteiger partial charge on any atom is 0.270 e. The molecule has 2 aromatic heterocycles. The number of likely N-dealkylation sites (tertiary alicyclic amines) is 1. The predicted octanol–water partition coefficient (Wildman–Crippen LogP) is 1.87. The van der Waals surface area contributed by atoms with Gasteiger partial charge in [-0.25, -0.2) is 0 Å². The predicted molar refractivity (Wildman–Crippen MR) is 98.2 cm³/mol. The van der Waals surface area contributed by atoms with Crippen molar-refractivity contribution < 1.29 is 9.53 Å². The molecule has 2 fully saturated rings. The number of ether oxygens (including phenoxy) is 1. The number of aromatic amines is 1. The lowest BCUT2D eigenvalue weighted by Crippen LogP contribution is -2.52. The number of rotatable bonds is 2. The van der Waals surface area contributed by atoms with E-state index >= 15 is 0 Å². The quantitative estimate of drug-likeness (QED) is 0.890. The van der Waals surface area contributed by atoms with Gasteiger partial charge < -0.3 is 19.5 Å². The Kier molecular flexibility index (Phi) is 4.63. The largest absolute Gasteiger partial charge is 0.379 e. The summed E-state index contributed by atoms with van der Waals surface area (Å²) in [6.07, 6.45) is 3.83. The first-order valence-corrected chi connectivity index (χ1v) is 9.21. The van der Waals surface area contributed by atoms with Gasteiger partial charge in [0.2, 0.25) is 0 Å². The van der Waals surface area contributed by atoms with Gasteiger partial charge in [-0.15, -0.1) is 5.10 Å². The lowest BCUT2D eigenvalue weighted by atomic mass is 9.80. The molecule has 0 aliphatic carbocycles. The number of aromatic nitrogens is 3. The lowest BCUT2D eigenvalue weighted by molar-refractivity contribution is 0.0133. The molecule has 0 saturated carbocycles. The van der Waals surface area contributed by atoms with Gasteiger partial charge in [0.25, 0.3) is 5.91 Å². The van der Waals surface area contributed by atoms with E-state index in [1.54, 1.807) is 6.20 Å². The monoisotopic (exact) mass is 355 g/mol. The van der Waals surface area contributed by atoms with Crippen LogP contribution in [-0.4, -0.2) is 65.4 Å². The van der Waals surface area contributed by atoms with Gasteiger partial charge in [-0.05, 0) is 44.0 Å². The summed E-state index contributed by atoms with van der Waals surface area (Å²) < 4.78 is 5.95. The maximum atomic E-state index is 12.8. The van der Waals surface area contributed by atoms with E-state index in [-0.39, 0.29) is 11.3 Å². The molecule has 2 aromatic rings. The summed E-state index contributed by atoms with van der Waals surface area (Å²) in [6, 6.07) is 7.70. The fourth-order valence-electron chi connectivity index (χ4n) is 4.01. The normalized spacial score (nSPS) is 23.9. The Bertz CT molecular complexity index is 746. The van der Waals surface area contributed by atoms with Crippen molar-refractivity contribution >= 4 is 11.7 Å². The van der Waals surface area contributed by atoms with Crippen molar-refractivity contribution in [2.45, 2.75) is 19.8 Å². The second-order valence-electron chi connectivity index (χ2n) is 7.42. The van der Waals surface area contributed by atoms with Gasteiger partial charge in [0, 0.05) is 37.8 Å². The van der Waals surface area contributed by atoms with Crippen molar-refractivity contribution in [2.75, 3.05) is 44.3 Å². The summed E-state index contributed by atoms with van der Waals surface area (Å²) >= 11 is 0. The third kappa shape index (κ3) is 3.44. The van der Waals surface area contributed by atoms with Crippen LogP contribution >= 0.6 is 0 Å². The standard InChI is InChI=1S/C19H25N5O2/c1-15-5-6-17(22-21-15)23-10-11-26-14-19(12-23)7-3-9-24(13-19)18(25)16-4-2-8-20-16/h2,4-6,8,20H,3,7,9-14H2,1H3. The molecular weight excluding hydrogens is 330 g/mol. The van der Waals surface area contributed by atoms with Crippen LogP contribution in [0.2, 0.25) is 0 Å². The highest BCUT2D eigenvalue weighted by Crippen LogP contribution is 2.34. The Hall–Kier alpha value is -2.41. The van der Waals surface area contributed by atoms with Crippen molar-refractivity contribution in [3.63, 3.8) is 0 Å². The first-order chi connectivity index (χ1) is 12.7. The van der Waals surface area contributed by atoms with Crippen LogP contribution in [0.25, 0.3) is 0 Å². The van der Waals surface area contributed by atoms with Gasteiger partial charge >= 0.3 is 0 Å². The Morgan fingerprint density at radius 2 is 2.15 bits per heavy atom. The van der Waals surface area contributed by atoms with Crippen molar-refractivity contribution in [1.29, 1.82) is 0 Å². The Labute approximate surface area is 153 Å². The number of anilines is 1. The van der Waals surface area contributed by atoms with Crippen LogP contribution in [0.15, 0.2) is 30.5 Å². The first kappa shape index (κ1) is 17.0. The van der Waals surface area contributed by atoms with Gasteiger partial charge in [0.05, 0.1) is 18.9 Å². The summed E-state index contributed by atoms with van der Waals surface area (Å²) in [5.41, 5.74) is 1.50. The van der Waals surface area contributed by atoms with Crippen molar-refractivity contribution in [3.05, 3.63) is 41.9 Å². The smallest absolute Gasteiger partial charge is 0.270 e. The van der Waals surface area contributed by atoms with E-state index in [1.165, 1.54) is 0 Å². The van der Waals surface area contributed by atoms with Gasteiger partial charge in [-0.1, -0.05) is 0 Å². The molecule has 26 heavy (non-hydrogen) atoms. The van der Waals surface area contributed by atoms with E-state index in [0.717, 1.165) is 44.0 Å². The summed E-state index contributed by atoms with van der Waals surface area (Å²) in [7, 11) is 0. The molecule has 138 valence electrons. The summed E-state index contributed by atoms with van der Waals surface area (Å²) in [5, 5.41) is 8.55. The van der Waals surface area contributed by atoms with Crippen LogP contribution in [0.5, 0.6) is 0 Å². The van der Waals surface area contributed by atoms with Gasteiger partial charge in [0.15, 0.2) is 5.82 Å². The minimum Gasteiger partial charge on any atom is -0.379 e. The molecule has 1 amide bonds. The third-order valence-electron chi connectivity index (χ3n) is 5.32. The van der Waals surface area contributed by atoms with Crippen LogP contribution in [0.1, 0.15) is 29.0 Å². The molecule has 7 nitrogen and oxygen atoms in total. The van der Waals surface area contributed by atoms with Crippen LogP contribution < -0.4 is 4.90 Å². The van der Waals surface area contributed by atoms with E-state index in [4.69, 9.17) is 4.74 Å². The zero-order chi connectivity index (χ0) is 18.0. The molecule has 2 saturated heterocycles. The Balaban J connectivity index is 1.53. The zero-order valence-corrected chi connectivity index (χ0v) is 15.1. The molecule has 4 heterocycles. The SMILES string of the molecule is Cc1ccc(N2CCOCC3(CCCN(C(=O)c4ccc[nH]4)C3)C2)nn1. The van der Waals surface area contributed by atoms with Crippen molar-refractivity contribution in [3.8, 4) is 0 Å². The fraction of sp³-hybridized carbons (Fsp3) is 0.526. The molecular formula is C19H25N5O2. The number of carbonyl (C=O) groups is 1. The summed E-state index contributed by atoms with van der Waals surface area (Å²) in [5.74, 6) is 0.952. The first-order valence-electron chi connectivity index (χ1n) is 9.21. The van der Waals surface area contributed by atoms with Crippen LogP contribution in [0.4, 0.5) is 5.82 Å². The Morgan fingerprint density at radius 3 is 2.92 bits per heavy atom. The number of nitrogens with one attached hydrogen (secondary N) is 1. The van der Waals surface area contributed by atoms with Crippen LogP contribution in [0, 0.1) is 12.3 Å². The zero-order valence-electron chi connectivity index (χ0n) is 15.1. The van der Waals surface area contributed by atoms with Crippen LogP contribution in [-0.2, 0) is 4.74 Å². The maximum absolute atomic E-state index is 12.8. The molecule has 0 aromatic carbocycles. The number of H-pyrrole nitrogens is 1. The molecule has 2 aliphatic heterocycles. The topological polar surface area (TPSA) is 74.3 Å². The Morgan fingerprint density at radius 1 is 1.23 bits per heavy atom. The van der Waals surface area contributed by atoms with E-state index in [1.807, 2.05) is 36.1 Å². The highest BCUT2D eigenvalue weighted by atomic mass is 16.5. The minimum atomic E-state index is -0.0659. The lowest BCUT2D eigenvalue weighted by Gasteiger charge is -2.43. The molecule has 1 atom stereocenters. The number of aryl methyl sites for hydroxylation is 1. The number of hydrogen-bond acceptors (Lipinski definition) is 5. The molecule has 1 spiro atoms. The van der Waals surface area contributed by atoms with Gasteiger partial charge in [0.1, 0.15) is 5.69 Å². The second-order valence-corrected chi connectivity index (χ2v) is 7.42. The highest BCUT2D eigenvalue weighted by molar-refractivity contribution is 5.92. The number of piperidine rings is 1. The molecule has 0 radical (unpaired) electrons. The molecule has 4 rings (SSSR count). The summed E-state index contributed by atoms with van der Waals surface area (Å²) in [4.78, 5) is 20.0. The number of carbonyl (C=O) groups excluding carboxylic acids is 1. The van der Waals surface area contributed by atoms with Crippen LogP contribution in [0.3, 0.4) is 0 Å². The van der Waals surface area contributed by atoms with E-state index in [9.17, 15) is 4.79 Å². The van der Waals surface area contributed by atoms with E-state index in [0.29, 0.717) is 25.5 Å². The number of nitrogens with zero attached hydrogens (tertiary/aromatic N) is 4. The average molecular weight is 355 g/mol. The van der Waals surface area contributed by atoms with Crippen molar-refractivity contribution in [2.24, 2.45) is 5.41 Å². The second kappa shape index (κ2) is 7.07. The van der Waals surface area contributed by atoms with E-state index < -0.39 is 0 Å². The molecule has 2 aliphatic rings. The van der Waals surface area contributed by atoms with Crippen molar-refractivity contribution in [1.82, 2.24) is 20.1 Å². The fourth-order valence-corrected chi connectivity index (χ4v) is 4.01. The molecule has 1 unspecified atom stereocenters. The average Bonchev–Trinajstić information content (AvgIpc) is 3.12. The number of hydrogen-bond donors (Lipinski definition) is 1. The molecule has 7 heteroatoms. The van der Waals surface area contributed by atoms with Gasteiger partial charge in [-0.3, -0.25) is 4.79 Å². The third-order valence-corrected chi connectivity index (χ3v) is 5.32. The molecule has 0 bridgehead atoms. The van der Waals surface area contributed by atoms with E-state index in [2.05, 4.69) is 20.1 Å². The summed E-state index contributed by atoms with van der Waals surface area (Å²) in [6.45, 7) is 6.42. The molecule has 1 N–H and O–H groups in total. The minimum absolute atomic E-state index is 0.0659. The number of amides is 1. The van der Waals surface area contributed by atoms with Gasteiger partial charge in [-0.2, -0.15) is 5.10 Å².